The molecule has 1 saturated carbocycles. The summed E-state index contributed by atoms with van der Waals surface area (Å²) >= 11 is 0. The van der Waals surface area contributed by atoms with Crippen molar-refractivity contribution in [3.63, 3.8) is 0 Å². The van der Waals surface area contributed by atoms with Crippen LogP contribution in [0, 0.1) is 11.3 Å². The Morgan fingerprint density at radius 3 is 2.62 bits per heavy atom. The largest absolute Gasteiger partial charge is 0.354 e. The standard InChI is InChI=1S/C18H33N5.HI/c1-14(2)13-23-11-10-20-16(23)12-21-17(19-5)22-15-6-8-18(3,4)9-7-15;/h10-11,14-15H,6-9,12-13H2,1-5H3,(H2,19,21,22);1H. The van der Waals surface area contributed by atoms with Crippen LogP contribution in [0.25, 0.3) is 0 Å². The normalized spacial score (nSPS) is 18.3. The zero-order valence-electron chi connectivity index (χ0n) is 15.8. The third-order valence-electron chi connectivity index (χ3n) is 4.68. The lowest BCUT2D eigenvalue weighted by atomic mass is 9.75. The number of aromatic nitrogens is 2. The SMILES string of the molecule is CN=C(NCc1nccn1CC(C)C)NC1CCC(C)(C)CC1.I. The van der Waals surface area contributed by atoms with Crippen LogP contribution in [-0.2, 0) is 13.1 Å². The Kier molecular flexibility index (Phi) is 8.53. The highest BCUT2D eigenvalue weighted by Gasteiger charge is 2.27. The zero-order valence-corrected chi connectivity index (χ0v) is 18.1. The van der Waals surface area contributed by atoms with Crippen LogP contribution in [0.1, 0.15) is 59.2 Å². The Bertz CT molecular complexity index is 511. The van der Waals surface area contributed by atoms with Gasteiger partial charge in [0.2, 0.25) is 0 Å². The lowest BCUT2D eigenvalue weighted by Crippen LogP contribution is -2.45. The van der Waals surface area contributed by atoms with Crippen molar-refractivity contribution in [2.75, 3.05) is 7.05 Å². The smallest absolute Gasteiger partial charge is 0.191 e. The molecule has 1 aromatic rings. The van der Waals surface area contributed by atoms with E-state index < -0.39 is 0 Å². The molecule has 0 radical (unpaired) electrons. The Morgan fingerprint density at radius 2 is 2.04 bits per heavy atom. The molecule has 0 saturated heterocycles. The highest BCUT2D eigenvalue weighted by atomic mass is 127. The maximum atomic E-state index is 4.46. The van der Waals surface area contributed by atoms with Crippen molar-refractivity contribution in [3.05, 3.63) is 18.2 Å². The number of imidazole rings is 1. The molecular formula is C18H34IN5. The third-order valence-corrected chi connectivity index (χ3v) is 4.68. The van der Waals surface area contributed by atoms with Crippen LogP contribution in [0.15, 0.2) is 17.4 Å². The minimum atomic E-state index is 0. The lowest BCUT2D eigenvalue weighted by molar-refractivity contribution is 0.216. The Morgan fingerprint density at radius 1 is 1.38 bits per heavy atom. The summed E-state index contributed by atoms with van der Waals surface area (Å²) in [7, 11) is 1.84. The maximum Gasteiger partial charge on any atom is 0.191 e. The van der Waals surface area contributed by atoms with Gasteiger partial charge in [-0.3, -0.25) is 4.99 Å². The highest BCUT2D eigenvalue weighted by Crippen LogP contribution is 2.34. The maximum absolute atomic E-state index is 4.46. The first-order valence-corrected chi connectivity index (χ1v) is 8.87. The van der Waals surface area contributed by atoms with E-state index in [9.17, 15) is 0 Å². The van der Waals surface area contributed by atoms with Gasteiger partial charge in [-0.2, -0.15) is 0 Å². The van der Waals surface area contributed by atoms with Gasteiger partial charge in [-0.1, -0.05) is 27.7 Å². The molecule has 1 aliphatic rings. The second-order valence-electron chi connectivity index (χ2n) is 7.90. The molecule has 1 heterocycles. The molecular weight excluding hydrogens is 413 g/mol. The third kappa shape index (κ3) is 6.61. The van der Waals surface area contributed by atoms with Crippen LogP contribution in [0.4, 0.5) is 0 Å². The Balaban J connectivity index is 0.00000288. The number of nitrogens with one attached hydrogen (secondary N) is 2. The average molecular weight is 447 g/mol. The number of rotatable bonds is 5. The molecule has 1 fully saturated rings. The number of halogens is 1. The summed E-state index contributed by atoms with van der Waals surface area (Å²) < 4.78 is 2.22. The summed E-state index contributed by atoms with van der Waals surface area (Å²) in [4.78, 5) is 8.82. The van der Waals surface area contributed by atoms with E-state index in [0.29, 0.717) is 23.9 Å². The van der Waals surface area contributed by atoms with Gasteiger partial charge in [0, 0.05) is 32.0 Å². The summed E-state index contributed by atoms with van der Waals surface area (Å²) in [6, 6.07) is 0.532. The van der Waals surface area contributed by atoms with Crippen LogP contribution in [0.3, 0.4) is 0 Å². The van der Waals surface area contributed by atoms with Crippen molar-refractivity contribution in [2.24, 2.45) is 16.3 Å². The monoisotopic (exact) mass is 447 g/mol. The number of guanidine groups is 1. The van der Waals surface area contributed by atoms with E-state index in [4.69, 9.17) is 0 Å². The minimum Gasteiger partial charge on any atom is -0.354 e. The summed E-state index contributed by atoms with van der Waals surface area (Å²) in [5.41, 5.74) is 0.497. The number of hydrogen-bond acceptors (Lipinski definition) is 2. The molecule has 6 heteroatoms. The predicted octanol–water partition coefficient (Wildman–Crippen LogP) is 3.79. The second kappa shape index (κ2) is 9.63. The van der Waals surface area contributed by atoms with E-state index in [2.05, 4.69) is 59.1 Å². The molecule has 2 rings (SSSR count). The molecule has 0 aromatic carbocycles. The number of aliphatic imine (C=N–C) groups is 1. The Hall–Kier alpha value is -0.790. The highest BCUT2D eigenvalue weighted by molar-refractivity contribution is 14.0. The van der Waals surface area contributed by atoms with Crippen molar-refractivity contribution in [1.82, 2.24) is 20.2 Å². The zero-order chi connectivity index (χ0) is 16.9. The molecule has 1 aliphatic carbocycles. The molecule has 0 bridgehead atoms. The number of nitrogens with zero attached hydrogens (tertiary/aromatic N) is 3. The lowest BCUT2D eigenvalue weighted by Gasteiger charge is -2.35. The first-order valence-electron chi connectivity index (χ1n) is 8.87. The van der Waals surface area contributed by atoms with Crippen molar-refractivity contribution in [2.45, 2.75) is 72.5 Å². The van der Waals surface area contributed by atoms with Crippen LogP contribution in [0.5, 0.6) is 0 Å². The van der Waals surface area contributed by atoms with Gasteiger partial charge < -0.3 is 15.2 Å². The molecule has 0 amide bonds. The average Bonchev–Trinajstić information content (AvgIpc) is 2.91. The van der Waals surface area contributed by atoms with Gasteiger partial charge in [0.05, 0.1) is 6.54 Å². The molecule has 1 aromatic heterocycles. The van der Waals surface area contributed by atoms with Crippen molar-refractivity contribution in [1.29, 1.82) is 0 Å². The second-order valence-corrected chi connectivity index (χ2v) is 7.90. The van der Waals surface area contributed by atoms with E-state index in [1.54, 1.807) is 0 Å². The van der Waals surface area contributed by atoms with Crippen LogP contribution < -0.4 is 10.6 Å². The van der Waals surface area contributed by atoms with E-state index in [1.165, 1.54) is 25.7 Å². The first-order chi connectivity index (χ1) is 10.9. The molecule has 138 valence electrons. The number of hydrogen-bond donors (Lipinski definition) is 2. The van der Waals surface area contributed by atoms with Gasteiger partial charge in [-0.15, -0.1) is 24.0 Å². The molecule has 0 unspecified atom stereocenters. The van der Waals surface area contributed by atoms with Crippen molar-refractivity contribution < 1.29 is 0 Å². The quantitative estimate of drug-likeness (QED) is 0.410. The summed E-state index contributed by atoms with van der Waals surface area (Å²) in [5.74, 6) is 2.56. The van der Waals surface area contributed by atoms with Crippen molar-refractivity contribution in [3.8, 4) is 0 Å². The summed E-state index contributed by atoms with van der Waals surface area (Å²) in [6.07, 6.45) is 8.92. The first kappa shape index (κ1) is 21.3. The van der Waals surface area contributed by atoms with Gasteiger partial charge in [0.15, 0.2) is 5.96 Å². The van der Waals surface area contributed by atoms with Crippen molar-refractivity contribution >= 4 is 29.9 Å². The molecule has 0 atom stereocenters. The van der Waals surface area contributed by atoms with Crippen LogP contribution >= 0.6 is 24.0 Å². The topological polar surface area (TPSA) is 54.2 Å². The fourth-order valence-electron chi connectivity index (χ4n) is 3.16. The van der Waals surface area contributed by atoms with Gasteiger partial charge >= 0.3 is 0 Å². The van der Waals surface area contributed by atoms with Crippen LogP contribution in [0.2, 0.25) is 0 Å². The molecule has 0 spiro atoms. The molecule has 5 nitrogen and oxygen atoms in total. The Labute approximate surface area is 164 Å². The van der Waals surface area contributed by atoms with Gasteiger partial charge in [0.25, 0.3) is 0 Å². The molecule has 2 N–H and O–H groups in total. The summed E-state index contributed by atoms with van der Waals surface area (Å²) in [5, 5.41) is 6.98. The van der Waals surface area contributed by atoms with Crippen LogP contribution in [-0.4, -0.2) is 28.6 Å². The van der Waals surface area contributed by atoms with Gasteiger partial charge in [0.1, 0.15) is 5.82 Å². The van der Waals surface area contributed by atoms with E-state index >= 15 is 0 Å². The van der Waals surface area contributed by atoms with E-state index in [1.807, 2.05) is 13.2 Å². The van der Waals surface area contributed by atoms with E-state index in [0.717, 1.165) is 18.3 Å². The van der Waals surface area contributed by atoms with Gasteiger partial charge in [-0.25, -0.2) is 4.98 Å². The van der Waals surface area contributed by atoms with Gasteiger partial charge in [-0.05, 0) is 37.0 Å². The van der Waals surface area contributed by atoms with E-state index in [-0.39, 0.29) is 24.0 Å². The summed E-state index contributed by atoms with van der Waals surface area (Å²) in [6.45, 7) is 10.9. The minimum absolute atomic E-state index is 0. The fourth-order valence-corrected chi connectivity index (χ4v) is 3.16. The molecule has 24 heavy (non-hydrogen) atoms. The fraction of sp³-hybridized carbons (Fsp3) is 0.778. The molecule has 0 aliphatic heterocycles. The predicted molar refractivity (Wildman–Crippen MR) is 112 cm³/mol.